The van der Waals surface area contributed by atoms with Gasteiger partial charge in [0.2, 0.25) is 0 Å². The van der Waals surface area contributed by atoms with Crippen LogP contribution in [0.15, 0.2) is 11.6 Å². The van der Waals surface area contributed by atoms with Gasteiger partial charge >= 0.3 is 0 Å². The van der Waals surface area contributed by atoms with Crippen molar-refractivity contribution >= 4 is 0 Å². The molecule has 0 amide bonds. The summed E-state index contributed by atoms with van der Waals surface area (Å²) in [5, 5.41) is 108. The van der Waals surface area contributed by atoms with E-state index in [4.69, 9.17) is 18.9 Å². The quantitative estimate of drug-likeness (QED) is 0.132. The fourth-order valence-electron chi connectivity index (χ4n) is 12.7. The highest BCUT2D eigenvalue weighted by molar-refractivity contribution is 5.31. The molecular formula is C42H72O14. The number of aliphatic hydroxyl groups excluding tert-OH is 9. The van der Waals surface area contributed by atoms with Crippen LogP contribution in [0, 0.1) is 45.3 Å². The van der Waals surface area contributed by atoms with E-state index in [1.807, 2.05) is 0 Å². The monoisotopic (exact) mass is 800 g/mol. The number of fused-ring (bicyclic) bond motifs is 5. The van der Waals surface area contributed by atoms with E-state index >= 15 is 0 Å². The SMILES string of the molecule is C[C@H](CC[C@@H](O[C@@H]1O[C@H](CO)[C@@H](O)[C@H](O)[C@H]1O[C@@H]1O[C@H](CO)[C@@H](O)[C@H](O)[C@H]1O)C(C)(C)O)[C@H]1CC[C@@]2(C)[C@@H]3CC=C4[C@@H](CC[C@H](O)C4(C)C)[C@]3(C)[C@H](O)C[C@]12C. The van der Waals surface area contributed by atoms with Crippen LogP contribution >= 0.6 is 0 Å². The van der Waals surface area contributed by atoms with Crippen LogP contribution in [0.1, 0.15) is 107 Å². The molecule has 10 N–H and O–H groups in total. The van der Waals surface area contributed by atoms with Gasteiger partial charge in [0.15, 0.2) is 12.6 Å². The third-order valence-corrected chi connectivity index (χ3v) is 16.6. The second kappa shape index (κ2) is 15.9. The van der Waals surface area contributed by atoms with E-state index < -0.39 is 98.5 Å². The lowest BCUT2D eigenvalue weighted by Gasteiger charge is -2.67. The molecule has 3 saturated carbocycles. The molecule has 6 rings (SSSR count). The van der Waals surface area contributed by atoms with Gasteiger partial charge < -0.3 is 70.0 Å². The third kappa shape index (κ3) is 7.16. The summed E-state index contributed by atoms with van der Waals surface area (Å²) in [4.78, 5) is 0. The summed E-state index contributed by atoms with van der Waals surface area (Å²) in [6.45, 7) is 15.4. The number of hydrogen-bond donors (Lipinski definition) is 10. The van der Waals surface area contributed by atoms with Gasteiger partial charge in [-0.3, -0.25) is 0 Å². The molecule has 324 valence electrons. The molecule has 2 heterocycles. The molecule has 6 aliphatic rings. The van der Waals surface area contributed by atoms with Gasteiger partial charge in [0, 0.05) is 10.8 Å². The second-order valence-electron chi connectivity index (χ2n) is 20.2. The maximum atomic E-state index is 12.3. The number of allylic oxidation sites excluding steroid dienone is 1. The predicted octanol–water partition coefficient (Wildman–Crippen LogP) is 1.12. The highest BCUT2D eigenvalue weighted by Crippen LogP contribution is 2.75. The first-order valence-electron chi connectivity index (χ1n) is 21.0. The van der Waals surface area contributed by atoms with Gasteiger partial charge in [-0.2, -0.15) is 0 Å². The summed E-state index contributed by atoms with van der Waals surface area (Å²) < 4.78 is 23.7. The maximum absolute atomic E-state index is 12.3. The standard InChI is InChI=1S/C42H72O14/c1-20(21-15-16-40(6)26-12-10-22-23(11-13-27(45)38(22,2)3)42(26,8)28(46)17-41(21,40)7)9-14-29(39(4,5)52)55-37-35(33(50)31(48)25(19-44)54-37)56-36-34(51)32(49)30(47)24(18-43)53-36/h10,20-21,23-37,43-52H,9,11-19H2,1-8H3/t20-,21-,23-,24-,25-,26+,27+,28-,29-,30-,31-,32+,33+,34-,35-,36+,37+,40+,41-,42+/m1/s1. The zero-order valence-corrected chi connectivity index (χ0v) is 34.6. The first kappa shape index (κ1) is 44.7. The zero-order valence-electron chi connectivity index (χ0n) is 34.6. The van der Waals surface area contributed by atoms with Crippen LogP contribution in [0.3, 0.4) is 0 Å². The molecule has 20 atom stereocenters. The summed E-state index contributed by atoms with van der Waals surface area (Å²) in [6, 6.07) is 0. The largest absolute Gasteiger partial charge is 0.394 e. The summed E-state index contributed by atoms with van der Waals surface area (Å²) in [5.41, 5.74) is -0.951. The van der Waals surface area contributed by atoms with Gasteiger partial charge in [0.25, 0.3) is 0 Å². The van der Waals surface area contributed by atoms with E-state index in [0.717, 1.165) is 32.1 Å². The molecular weight excluding hydrogens is 728 g/mol. The Kier molecular flexibility index (Phi) is 12.7. The van der Waals surface area contributed by atoms with Crippen molar-refractivity contribution in [2.45, 2.75) is 192 Å². The van der Waals surface area contributed by atoms with Crippen molar-refractivity contribution in [3.63, 3.8) is 0 Å². The van der Waals surface area contributed by atoms with Crippen LogP contribution in [0.4, 0.5) is 0 Å². The molecule has 0 aromatic carbocycles. The molecule has 0 aromatic heterocycles. The van der Waals surface area contributed by atoms with Crippen molar-refractivity contribution in [2.24, 2.45) is 45.3 Å². The smallest absolute Gasteiger partial charge is 0.187 e. The molecule has 4 aliphatic carbocycles. The Labute approximate surface area is 331 Å². The number of aliphatic hydroxyl groups is 10. The molecule has 0 aromatic rings. The normalized spacial score (nSPS) is 50.3. The number of hydrogen-bond acceptors (Lipinski definition) is 14. The topological polar surface area (TPSA) is 239 Å². The molecule has 0 unspecified atom stereocenters. The Morgan fingerprint density at radius 2 is 1.38 bits per heavy atom. The van der Waals surface area contributed by atoms with Crippen LogP contribution < -0.4 is 0 Å². The van der Waals surface area contributed by atoms with E-state index in [0.29, 0.717) is 19.3 Å². The Balaban J connectivity index is 1.19. The van der Waals surface area contributed by atoms with Crippen molar-refractivity contribution in [3.8, 4) is 0 Å². The molecule has 2 aliphatic heterocycles. The first-order valence-corrected chi connectivity index (χ1v) is 21.0. The van der Waals surface area contributed by atoms with Gasteiger partial charge in [-0.05, 0) is 99.7 Å². The van der Waals surface area contributed by atoms with E-state index in [9.17, 15) is 51.1 Å². The van der Waals surface area contributed by atoms with Crippen molar-refractivity contribution in [1.29, 1.82) is 0 Å². The van der Waals surface area contributed by atoms with E-state index in [2.05, 4.69) is 47.6 Å². The highest BCUT2D eigenvalue weighted by Gasteiger charge is 2.70. The van der Waals surface area contributed by atoms with Gasteiger partial charge in [0.1, 0.15) is 48.8 Å². The molecule has 2 saturated heterocycles. The fraction of sp³-hybridized carbons (Fsp3) is 0.952. The Morgan fingerprint density at radius 1 is 0.768 bits per heavy atom. The minimum Gasteiger partial charge on any atom is -0.394 e. The lowest BCUT2D eigenvalue weighted by atomic mass is 9.38. The minimum absolute atomic E-state index is 0.0323. The fourth-order valence-corrected chi connectivity index (χ4v) is 12.7. The third-order valence-electron chi connectivity index (χ3n) is 16.6. The molecule has 0 radical (unpaired) electrons. The van der Waals surface area contributed by atoms with Crippen LogP contribution in [-0.2, 0) is 18.9 Å². The van der Waals surface area contributed by atoms with Gasteiger partial charge in [-0.1, -0.05) is 53.2 Å². The maximum Gasteiger partial charge on any atom is 0.187 e. The van der Waals surface area contributed by atoms with Crippen molar-refractivity contribution < 1.29 is 70.0 Å². The number of rotatable bonds is 11. The Hall–Kier alpha value is -0.820. The predicted molar refractivity (Wildman–Crippen MR) is 202 cm³/mol. The molecule has 56 heavy (non-hydrogen) atoms. The van der Waals surface area contributed by atoms with E-state index in [1.165, 1.54) is 5.57 Å². The summed E-state index contributed by atoms with van der Waals surface area (Å²) in [5.74, 6) is 0.931. The van der Waals surface area contributed by atoms with Crippen LogP contribution in [0.5, 0.6) is 0 Å². The Bertz CT molecular complexity index is 1400. The minimum atomic E-state index is -1.80. The summed E-state index contributed by atoms with van der Waals surface area (Å²) >= 11 is 0. The lowest BCUT2D eigenvalue weighted by molar-refractivity contribution is -0.375. The van der Waals surface area contributed by atoms with E-state index in [-0.39, 0.29) is 45.3 Å². The summed E-state index contributed by atoms with van der Waals surface area (Å²) in [7, 11) is 0. The second-order valence-corrected chi connectivity index (χ2v) is 20.2. The van der Waals surface area contributed by atoms with E-state index in [1.54, 1.807) is 13.8 Å². The van der Waals surface area contributed by atoms with Gasteiger partial charge in [-0.15, -0.1) is 0 Å². The van der Waals surface area contributed by atoms with Gasteiger partial charge in [0.05, 0.1) is 37.1 Å². The van der Waals surface area contributed by atoms with Crippen molar-refractivity contribution in [3.05, 3.63) is 11.6 Å². The molecule has 0 spiro atoms. The molecule has 14 heteroatoms. The first-order chi connectivity index (χ1) is 26.0. The van der Waals surface area contributed by atoms with Crippen LogP contribution in [0.25, 0.3) is 0 Å². The van der Waals surface area contributed by atoms with Crippen LogP contribution in [0.2, 0.25) is 0 Å². The van der Waals surface area contributed by atoms with Gasteiger partial charge in [-0.25, -0.2) is 0 Å². The number of ether oxygens (including phenoxy) is 4. The average molecular weight is 801 g/mol. The Morgan fingerprint density at radius 3 is 1.98 bits per heavy atom. The lowest BCUT2D eigenvalue weighted by Crippen LogP contribution is -2.65. The highest BCUT2D eigenvalue weighted by atomic mass is 16.8. The van der Waals surface area contributed by atoms with Crippen LogP contribution in [-0.4, -0.2) is 150 Å². The summed E-state index contributed by atoms with van der Waals surface area (Å²) in [6.07, 6.45) is -9.06. The van der Waals surface area contributed by atoms with Crippen molar-refractivity contribution in [1.82, 2.24) is 0 Å². The molecule has 14 nitrogen and oxygen atoms in total. The zero-order chi connectivity index (χ0) is 41.5. The molecule has 0 bridgehead atoms. The van der Waals surface area contributed by atoms with Crippen molar-refractivity contribution in [2.75, 3.05) is 13.2 Å². The average Bonchev–Trinajstić information content (AvgIpc) is 3.40. The molecule has 5 fully saturated rings.